The molecule has 0 heterocycles. The van der Waals surface area contributed by atoms with Gasteiger partial charge < -0.3 is 9.53 Å². The van der Waals surface area contributed by atoms with Crippen LogP contribution in [0.1, 0.15) is 44.2 Å². The van der Waals surface area contributed by atoms with E-state index in [9.17, 15) is 4.79 Å². The second-order valence-electron chi connectivity index (χ2n) is 8.08. The van der Waals surface area contributed by atoms with Crippen LogP contribution >= 0.6 is 23.4 Å². The zero-order valence-corrected chi connectivity index (χ0v) is 19.7. The Kier molecular flexibility index (Phi) is 8.62. The van der Waals surface area contributed by atoms with Crippen molar-refractivity contribution < 1.29 is 9.53 Å². The number of carbonyl (C=O) groups excluding carboxylic acids is 1. The average molecular weight is 453 g/mol. The van der Waals surface area contributed by atoms with Crippen molar-refractivity contribution in [3.8, 4) is 5.75 Å². The average Bonchev–Trinajstić information content (AvgIpc) is 2.80. The summed E-state index contributed by atoms with van der Waals surface area (Å²) in [5, 5.41) is 0.783. The number of benzene rings is 3. The predicted octanol–water partition coefficient (Wildman–Crippen LogP) is 8.01. The van der Waals surface area contributed by atoms with Gasteiger partial charge in [0.2, 0.25) is 0 Å². The molecule has 0 fully saturated rings. The Morgan fingerprint density at radius 1 is 1.00 bits per heavy atom. The molecule has 0 bridgehead atoms. The second kappa shape index (κ2) is 11.4. The highest BCUT2D eigenvalue weighted by atomic mass is 35.5. The summed E-state index contributed by atoms with van der Waals surface area (Å²) in [6.07, 6.45) is 4.68. The molecule has 0 aliphatic rings. The van der Waals surface area contributed by atoms with Crippen molar-refractivity contribution in [2.24, 2.45) is 5.41 Å². The molecule has 4 heteroatoms. The molecule has 3 rings (SSSR count). The minimum atomic E-state index is -0.226. The van der Waals surface area contributed by atoms with Crippen molar-refractivity contribution >= 4 is 29.6 Å². The van der Waals surface area contributed by atoms with Gasteiger partial charge in [0, 0.05) is 20.2 Å². The SMILES string of the molecule is CCC(C)(C=O)CCCc1ccc(Sc2cccc(OCc3ccccc3)c2)cc1Cl. The van der Waals surface area contributed by atoms with Crippen molar-refractivity contribution in [2.45, 2.75) is 55.9 Å². The summed E-state index contributed by atoms with van der Waals surface area (Å²) in [4.78, 5) is 13.5. The zero-order valence-electron chi connectivity index (χ0n) is 18.1. The molecule has 0 aromatic heterocycles. The van der Waals surface area contributed by atoms with Gasteiger partial charge in [-0.1, -0.05) is 79.7 Å². The van der Waals surface area contributed by atoms with Crippen LogP contribution in [0.2, 0.25) is 5.02 Å². The van der Waals surface area contributed by atoms with Crippen LogP contribution in [-0.4, -0.2) is 6.29 Å². The third-order valence-electron chi connectivity index (χ3n) is 5.60. The molecular weight excluding hydrogens is 424 g/mol. The van der Waals surface area contributed by atoms with Gasteiger partial charge in [-0.25, -0.2) is 0 Å². The van der Waals surface area contributed by atoms with Crippen molar-refractivity contribution in [1.29, 1.82) is 0 Å². The first-order valence-electron chi connectivity index (χ1n) is 10.7. The van der Waals surface area contributed by atoms with Crippen molar-refractivity contribution in [3.05, 3.63) is 88.9 Å². The standard InChI is InChI=1S/C27H29ClO2S/c1-3-27(2,20-29)16-8-11-22-14-15-25(18-26(22)28)31-24-13-7-12-23(17-24)30-19-21-9-5-4-6-10-21/h4-7,9-10,12-15,17-18,20H,3,8,11,16,19H2,1-2H3. The number of carbonyl (C=O) groups is 1. The lowest BCUT2D eigenvalue weighted by atomic mass is 9.83. The normalized spacial score (nSPS) is 12.9. The maximum absolute atomic E-state index is 11.3. The fourth-order valence-electron chi connectivity index (χ4n) is 3.30. The van der Waals surface area contributed by atoms with Crippen LogP contribution in [0.4, 0.5) is 0 Å². The molecule has 0 radical (unpaired) electrons. The molecule has 1 atom stereocenters. The minimum absolute atomic E-state index is 0.226. The summed E-state index contributed by atoms with van der Waals surface area (Å²) < 4.78 is 5.94. The number of aldehydes is 1. The van der Waals surface area contributed by atoms with E-state index in [1.807, 2.05) is 43.3 Å². The third kappa shape index (κ3) is 7.15. The number of hydrogen-bond acceptors (Lipinski definition) is 3. The largest absolute Gasteiger partial charge is 0.489 e. The van der Waals surface area contributed by atoms with Crippen LogP contribution in [0.25, 0.3) is 0 Å². The van der Waals surface area contributed by atoms with Crippen LogP contribution in [0.15, 0.2) is 82.6 Å². The third-order valence-corrected chi connectivity index (χ3v) is 6.93. The molecule has 0 saturated carbocycles. The first-order chi connectivity index (χ1) is 15.0. The van der Waals surface area contributed by atoms with E-state index in [2.05, 4.69) is 43.3 Å². The van der Waals surface area contributed by atoms with E-state index >= 15 is 0 Å². The molecule has 0 aliphatic heterocycles. The Labute approximate surface area is 195 Å². The molecule has 162 valence electrons. The first-order valence-corrected chi connectivity index (χ1v) is 11.9. The van der Waals surface area contributed by atoms with Crippen LogP contribution in [-0.2, 0) is 17.8 Å². The number of aryl methyl sites for hydroxylation is 1. The van der Waals surface area contributed by atoms with E-state index in [-0.39, 0.29) is 5.41 Å². The molecule has 0 amide bonds. The van der Waals surface area contributed by atoms with Crippen molar-refractivity contribution in [3.63, 3.8) is 0 Å². The summed E-state index contributed by atoms with van der Waals surface area (Å²) in [5.41, 5.74) is 2.06. The maximum Gasteiger partial charge on any atom is 0.125 e. The van der Waals surface area contributed by atoms with Crippen LogP contribution < -0.4 is 4.74 Å². The van der Waals surface area contributed by atoms with E-state index in [0.29, 0.717) is 6.61 Å². The predicted molar refractivity (Wildman–Crippen MR) is 130 cm³/mol. The molecule has 3 aromatic carbocycles. The van der Waals surface area contributed by atoms with Gasteiger partial charge >= 0.3 is 0 Å². The summed E-state index contributed by atoms with van der Waals surface area (Å²) in [5.74, 6) is 0.853. The number of hydrogen-bond donors (Lipinski definition) is 0. The Hall–Kier alpha value is -2.23. The molecule has 31 heavy (non-hydrogen) atoms. The second-order valence-corrected chi connectivity index (χ2v) is 9.64. The highest BCUT2D eigenvalue weighted by molar-refractivity contribution is 7.99. The first kappa shape index (κ1) is 23.4. The lowest BCUT2D eigenvalue weighted by Crippen LogP contribution is -2.16. The lowest BCUT2D eigenvalue weighted by Gasteiger charge is -2.20. The minimum Gasteiger partial charge on any atom is -0.489 e. The van der Waals surface area contributed by atoms with Crippen molar-refractivity contribution in [2.75, 3.05) is 0 Å². The highest BCUT2D eigenvalue weighted by Gasteiger charge is 2.20. The Morgan fingerprint density at radius 2 is 1.77 bits per heavy atom. The Balaban J connectivity index is 1.57. The molecule has 0 spiro atoms. The molecule has 0 aliphatic carbocycles. The van der Waals surface area contributed by atoms with Gasteiger partial charge in [0.15, 0.2) is 0 Å². The Bertz CT molecular complexity index is 990. The molecule has 0 saturated heterocycles. The van der Waals surface area contributed by atoms with Crippen molar-refractivity contribution in [1.82, 2.24) is 0 Å². The van der Waals surface area contributed by atoms with E-state index in [1.54, 1.807) is 11.8 Å². The summed E-state index contributed by atoms with van der Waals surface area (Å²) in [6, 6.07) is 24.5. The quantitative estimate of drug-likeness (QED) is 0.275. The van der Waals surface area contributed by atoms with E-state index in [1.165, 1.54) is 0 Å². The number of halogens is 1. The summed E-state index contributed by atoms with van der Waals surface area (Å²) in [7, 11) is 0. The monoisotopic (exact) mass is 452 g/mol. The highest BCUT2D eigenvalue weighted by Crippen LogP contribution is 2.34. The smallest absolute Gasteiger partial charge is 0.125 e. The van der Waals surface area contributed by atoms with Gasteiger partial charge in [0.05, 0.1) is 0 Å². The van der Waals surface area contributed by atoms with Crippen LogP contribution in [0.5, 0.6) is 5.75 Å². The lowest BCUT2D eigenvalue weighted by molar-refractivity contribution is -0.115. The topological polar surface area (TPSA) is 26.3 Å². The Morgan fingerprint density at radius 3 is 2.48 bits per heavy atom. The number of ether oxygens (including phenoxy) is 1. The van der Waals surface area contributed by atoms with E-state index in [0.717, 1.165) is 63.7 Å². The summed E-state index contributed by atoms with van der Waals surface area (Å²) >= 11 is 8.23. The fourth-order valence-corrected chi connectivity index (χ4v) is 4.55. The van der Waals surface area contributed by atoms with Gasteiger partial charge in [-0.2, -0.15) is 0 Å². The van der Waals surface area contributed by atoms with Crippen LogP contribution in [0.3, 0.4) is 0 Å². The fraction of sp³-hybridized carbons (Fsp3) is 0.296. The van der Waals surface area contributed by atoms with E-state index < -0.39 is 0 Å². The molecule has 1 unspecified atom stereocenters. The molecular formula is C27H29ClO2S. The number of rotatable bonds is 11. The van der Waals surface area contributed by atoms with E-state index in [4.69, 9.17) is 16.3 Å². The zero-order chi connectivity index (χ0) is 22.1. The molecule has 3 aromatic rings. The van der Waals surface area contributed by atoms with Gasteiger partial charge in [0.1, 0.15) is 18.6 Å². The maximum atomic E-state index is 11.3. The van der Waals surface area contributed by atoms with Gasteiger partial charge in [-0.05, 0) is 67.1 Å². The summed E-state index contributed by atoms with van der Waals surface area (Å²) in [6.45, 7) is 4.64. The van der Waals surface area contributed by atoms with Gasteiger partial charge in [0.25, 0.3) is 0 Å². The van der Waals surface area contributed by atoms with Gasteiger partial charge in [-0.3, -0.25) is 0 Å². The van der Waals surface area contributed by atoms with Gasteiger partial charge in [-0.15, -0.1) is 0 Å². The molecule has 0 N–H and O–H groups in total. The molecule has 2 nitrogen and oxygen atoms in total. The van der Waals surface area contributed by atoms with Crippen LogP contribution in [0, 0.1) is 5.41 Å².